The van der Waals surface area contributed by atoms with Crippen LogP contribution in [0.4, 0.5) is 17.6 Å². The summed E-state index contributed by atoms with van der Waals surface area (Å²) in [5, 5.41) is 17.7. The van der Waals surface area contributed by atoms with Crippen molar-refractivity contribution in [3.8, 4) is 34.8 Å². The molecule has 200 valence electrons. The highest BCUT2D eigenvalue weighted by molar-refractivity contribution is 6.00. The second-order valence-corrected chi connectivity index (χ2v) is 8.14. The van der Waals surface area contributed by atoms with Crippen LogP contribution in [0.3, 0.4) is 0 Å². The minimum atomic E-state index is -2.39. The Kier molecular flexibility index (Phi) is 7.84. The molecular formula is C25H23F4N5O4. The molecule has 13 heteroatoms. The number of phenolic OH excluding ortho intramolecular Hbond substituents is 1. The van der Waals surface area contributed by atoms with Crippen molar-refractivity contribution >= 4 is 11.7 Å². The number of likely N-dealkylation sites (N-methyl/N-ethyl adjacent to an activating group) is 1. The van der Waals surface area contributed by atoms with E-state index in [-0.39, 0.29) is 17.1 Å². The van der Waals surface area contributed by atoms with Crippen LogP contribution in [-0.4, -0.2) is 59.8 Å². The highest BCUT2D eigenvalue weighted by atomic mass is 19.2. The molecule has 1 atom stereocenters. The van der Waals surface area contributed by atoms with E-state index in [1.165, 1.54) is 12.1 Å². The van der Waals surface area contributed by atoms with Crippen LogP contribution in [0.25, 0.3) is 0 Å². The van der Waals surface area contributed by atoms with Crippen molar-refractivity contribution in [3.05, 3.63) is 65.2 Å². The number of phenols is 1. The van der Waals surface area contributed by atoms with E-state index in [0.717, 1.165) is 18.7 Å². The molecule has 2 aromatic carbocycles. The number of nitrogens with one attached hydrogen (secondary N) is 1. The SMILES string of the molecule is CN1CCN=C1c1cccc(Oc2nc(Oc3cc(C(=N)N)ccc3O)c(F)c(OC(F)CCF)c2F)c1. The topological polar surface area (TPSA) is 126 Å². The van der Waals surface area contributed by atoms with Gasteiger partial charge < -0.3 is 30.0 Å². The van der Waals surface area contributed by atoms with Crippen LogP contribution in [0.1, 0.15) is 17.5 Å². The van der Waals surface area contributed by atoms with Crippen LogP contribution in [0.5, 0.6) is 34.8 Å². The number of halogens is 4. The number of pyridine rings is 1. The zero-order valence-electron chi connectivity index (χ0n) is 20.1. The normalized spacial score (nSPS) is 13.7. The number of benzene rings is 2. The van der Waals surface area contributed by atoms with Crippen molar-refractivity contribution in [1.82, 2.24) is 9.88 Å². The molecule has 1 aliphatic rings. The Morgan fingerprint density at radius 1 is 1.16 bits per heavy atom. The van der Waals surface area contributed by atoms with Crippen LogP contribution < -0.4 is 19.9 Å². The molecule has 1 unspecified atom stereocenters. The zero-order valence-corrected chi connectivity index (χ0v) is 20.1. The van der Waals surface area contributed by atoms with Crippen molar-refractivity contribution < 1.29 is 36.9 Å². The van der Waals surface area contributed by atoms with Crippen LogP contribution in [0.2, 0.25) is 0 Å². The van der Waals surface area contributed by atoms with E-state index in [1.807, 2.05) is 11.9 Å². The van der Waals surface area contributed by atoms with Crippen LogP contribution in [0.15, 0.2) is 47.5 Å². The number of nitrogens with two attached hydrogens (primary N) is 1. The first kappa shape index (κ1) is 26.5. The van der Waals surface area contributed by atoms with Gasteiger partial charge >= 0.3 is 0 Å². The molecule has 0 fully saturated rings. The minimum absolute atomic E-state index is 0.0855. The summed E-state index contributed by atoms with van der Waals surface area (Å²) >= 11 is 0. The van der Waals surface area contributed by atoms with E-state index in [4.69, 9.17) is 20.6 Å². The van der Waals surface area contributed by atoms with Crippen molar-refractivity contribution in [2.45, 2.75) is 12.8 Å². The number of hydrogen-bond donors (Lipinski definition) is 3. The van der Waals surface area contributed by atoms with Crippen molar-refractivity contribution in [3.63, 3.8) is 0 Å². The number of aliphatic imine (C=N–C) groups is 1. The number of nitrogen functional groups attached to an aromatic ring is 1. The van der Waals surface area contributed by atoms with E-state index in [2.05, 4.69) is 14.7 Å². The number of aromatic hydroxyl groups is 1. The van der Waals surface area contributed by atoms with Gasteiger partial charge in [-0.05, 0) is 30.3 Å². The summed E-state index contributed by atoms with van der Waals surface area (Å²) in [5.74, 6) is -6.61. The predicted octanol–water partition coefficient (Wildman–Crippen LogP) is 4.66. The van der Waals surface area contributed by atoms with E-state index in [0.29, 0.717) is 17.9 Å². The number of alkyl halides is 2. The molecule has 0 radical (unpaired) electrons. The Morgan fingerprint density at radius 2 is 1.89 bits per heavy atom. The summed E-state index contributed by atoms with van der Waals surface area (Å²) in [7, 11) is 1.86. The average Bonchev–Trinajstić information content (AvgIpc) is 3.32. The maximum atomic E-state index is 15.3. The van der Waals surface area contributed by atoms with Gasteiger partial charge in [0.1, 0.15) is 17.4 Å². The Balaban J connectivity index is 1.75. The molecule has 0 saturated heterocycles. The number of rotatable bonds is 10. The summed E-state index contributed by atoms with van der Waals surface area (Å²) < 4.78 is 72.7. The van der Waals surface area contributed by atoms with Gasteiger partial charge in [-0.1, -0.05) is 12.1 Å². The third-order valence-electron chi connectivity index (χ3n) is 5.40. The maximum absolute atomic E-state index is 15.3. The number of nitrogens with zero attached hydrogens (tertiary/aromatic N) is 3. The highest BCUT2D eigenvalue weighted by Gasteiger charge is 2.28. The van der Waals surface area contributed by atoms with Gasteiger partial charge in [-0.15, -0.1) is 0 Å². The maximum Gasteiger partial charge on any atom is 0.263 e. The van der Waals surface area contributed by atoms with Gasteiger partial charge in [0.25, 0.3) is 11.8 Å². The Bertz CT molecular complexity index is 1390. The van der Waals surface area contributed by atoms with Gasteiger partial charge in [0.15, 0.2) is 11.5 Å². The molecule has 3 aromatic rings. The Morgan fingerprint density at radius 3 is 2.55 bits per heavy atom. The van der Waals surface area contributed by atoms with Gasteiger partial charge in [-0.25, -0.2) is 4.39 Å². The van der Waals surface area contributed by atoms with Crippen LogP contribution in [0, 0.1) is 17.0 Å². The van der Waals surface area contributed by atoms with Gasteiger partial charge in [-0.3, -0.25) is 14.8 Å². The molecule has 4 N–H and O–H groups in total. The molecule has 0 amide bonds. The van der Waals surface area contributed by atoms with Crippen molar-refractivity contribution in [1.29, 1.82) is 5.41 Å². The minimum Gasteiger partial charge on any atom is -0.504 e. The van der Waals surface area contributed by atoms with E-state index in [1.54, 1.807) is 18.2 Å². The van der Waals surface area contributed by atoms with E-state index < -0.39 is 60.1 Å². The molecule has 4 rings (SSSR count). The fraction of sp³-hybridized carbons (Fsp3) is 0.240. The smallest absolute Gasteiger partial charge is 0.263 e. The second kappa shape index (κ2) is 11.2. The number of ether oxygens (including phenoxy) is 3. The molecule has 2 heterocycles. The Hall–Kier alpha value is -4.55. The molecule has 9 nitrogen and oxygen atoms in total. The Labute approximate surface area is 214 Å². The number of aromatic nitrogens is 1. The fourth-order valence-electron chi connectivity index (χ4n) is 3.51. The molecule has 0 spiro atoms. The number of amidine groups is 2. The molecule has 0 saturated carbocycles. The van der Waals surface area contributed by atoms with Crippen LogP contribution in [-0.2, 0) is 0 Å². The monoisotopic (exact) mass is 533 g/mol. The van der Waals surface area contributed by atoms with E-state index >= 15 is 8.78 Å². The lowest BCUT2D eigenvalue weighted by Gasteiger charge is -2.17. The summed E-state index contributed by atoms with van der Waals surface area (Å²) in [6, 6.07) is 9.98. The quantitative estimate of drug-likeness (QED) is 0.197. The lowest BCUT2D eigenvalue weighted by molar-refractivity contribution is 0.0442. The third kappa shape index (κ3) is 5.71. The lowest BCUT2D eigenvalue weighted by Crippen LogP contribution is -2.23. The zero-order chi connectivity index (χ0) is 27.4. The van der Waals surface area contributed by atoms with Gasteiger partial charge in [-0.2, -0.15) is 13.8 Å². The lowest BCUT2D eigenvalue weighted by atomic mass is 10.2. The molecule has 1 aliphatic heterocycles. The molecular weight excluding hydrogens is 510 g/mol. The average molecular weight is 533 g/mol. The van der Waals surface area contributed by atoms with E-state index in [9.17, 15) is 13.9 Å². The fourth-order valence-corrected chi connectivity index (χ4v) is 3.51. The van der Waals surface area contributed by atoms with Crippen LogP contribution >= 0.6 is 0 Å². The highest BCUT2D eigenvalue weighted by Crippen LogP contribution is 2.40. The standard InChI is InChI=1S/C25H23F4N5O4/c1-34-10-9-32-23(34)14-3-2-4-15(11-14)36-24-19(28)21(38-18(27)7-8-26)20(29)25(33-24)37-17-12-13(22(30)31)5-6-16(17)35/h2-6,11-12,18,35H,7-10H2,1H3,(H3,30,31). The molecule has 0 aliphatic carbocycles. The first-order chi connectivity index (χ1) is 18.2. The number of hydrogen-bond acceptors (Lipinski definition) is 8. The summed E-state index contributed by atoms with van der Waals surface area (Å²) in [4.78, 5) is 10.0. The summed E-state index contributed by atoms with van der Waals surface area (Å²) in [6.07, 6.45) is -3.17. The summed E-state index contributed by atoms with van der Waals surface area (Å²) in [6.45, 7) is 0.184. The van der Waals surface area contributed by atoms with Gasteiger partial charge in [0.05, 0.1) is 13.2 Å². The third-order valence-corrected chi connectivity index (χ3v) is 5.40. The van der Waals surface area contributed by atoms with Crippen molar-refractivity contribution in [2.75, 3.05) is 26.8 Å². The molecule has 1 aromatic heterocycles. The molecule has 38 heavy (non-hydrogen) atoms. The van der Waals surface area contributed by atoms with Gasteiger partial charge in [0, 0.05) is 31.1 Å². The molecule has 0 bridgehead atoms. The first-order valence-corrected chi connectivity index (χ1v) is 11.3. The largest absolute Gasteiger partial charge is 0.504 e. The predicted molar refractivity (Wildman–Crippen MR) is 130 cm³/mol. The van der Waals surface area contributed by atoms with Gasteiger partial charge in [0.2, 0.25) is 23.7 Å². The van der Waals surface area contributed by atoms with Crippen molar-refractivity contribution in [2.24, 2.45) is 10.7 Å². The first-order valence-electron chi connectivity index (χ1n) is 11.3. The second-order valence-electron chi connectivity index (χ2n) is 8.14. The summed E-state index contributed by atoms with van der Waals surface area (Å²) in [5.41, 5.74) is 6.23.